The van der Waals surface area contributed by atoms with Gasteiger partial charge in [-0.1, -0.05) is 162 Å². The van der Waals surface area contributed by atoms with Gasteiger partial charge in [-0.25, -0.2) is 0 Å². The molecule has 11 nitrogen and oxygen atoms in total. The molecule has 6 rings (SSSR count). The van der Waals surface area contributed by atoms with Crippen molar-refractivity contribution in [1.82, 2.24) is 0 Å². The Labute approximate surface area is 419 Å². The van der Waals surface area contributed by atoms with Crippen LogP contribution in [0.15, 0.2) is 0 Å². The first-order valence-electron chi connectivity index (χ1n) is 29.6. The Morgan fingerprint density at radius 1 is 0.362 bits per heavy atom. The third-order valence-electron chi connectivity index (χ3n) is 16.1. The van der Waals surface area contributed by atoms with Gasteiger partial charge in [-0.15, -0.1) is 0 Å². The number of rotatable bonds is 47. The highest BCUT2D eigenvalue weighted by molar-refractivity contribution is 5.71. The largest absolute Gasteiger partial charge is 0.462 e. The summed E-state index contributed by atoms with van der Waals surface area (Å²) in [6, 6.07) is 0. The molecule has 5 aliphatic heterocycles. The van der Waals surface area contributed by atoms with Crippen molar-refractivity contribution in [3.8, 4) is 0 Å². The average Bonchev–Trinajstić information content (AvgIpc) is 4.08. The van der Waals surface area contributed by atoms with Gasteiger partial charge in [-0.3, -0.25) is 14.4 Å². The topological polar surface area (TPSA) is 142 Å². The molecule has 5 saturated heterocycles. The van der Waals surface area contributed by atoms with E-state index in [0.29, 0.717) is 80.3 Å². The Morgan fingerprint density at radius 3 is 1.07 bits per heavy atom. The van der Waals surface area contributed by atoms with Crippen molar-refractivity contribution in [1.29, 1.82) is 0 Å². The van der Waals surface area contributed by atoms with E-state index in [2.05, 4.69) is 20.8 Å². The Balaban J connectivity index is 0.766. The molecule has 69 heavy (non-hydrogen) atoms. The number of hydrogen-bond donors (Lipinski definition) is 0. The summed E-state index contributed by atoms with van der Waals surface area (Å²) < 4.78 is 46.5. The molecule has 0 radical (unpaired) electrons. The van der Waals surface area contributed by atoms with Crippen LogP contribution < -0.4 is 0 Å². The standard InChI is InChI=1S/C58H100O11/c1-4-7-19-28-43-37-44(43)38-51-46(65-51)31-22-13-10-16-25-34-56(59)62-41-45(64-58(61)36-27-18-12-15-24-33-50-55(69-50)40-53-48(67-53)30-21-9-6-3)42-63-57(60)35-26-17-11-14-23-32-49-54(68-49)39-52-47(66-52)29-20-8-5-2/h43-55H,4-42H2,1-3H3. The zero-order chi connectivity index (χ0) is 48.5. The Morgan fingerprint density at radius 2 is 0.681 bits per heavy atom. The molecule has 0 N–H and O–H groups in total. The third-order valence-corrected chi connectivity index (χ3v) is 16.1. The predicted octanol–water partition coefficient (Wildman–Crippen LogP) is 13.6. The first-order chi connectivity index (χ1) is 33.8. The molecule has 398 valence electrons. The highest BCUT2D eigenvalue weighted by atomic mass is 16.6. The van der Waals surface area contributed by atoms with Crippen molar-refractivity contribution in [3.63, 3.8) is 0 Å². The average molecular weight is 973 g/mol. The lowest BCUT2D eigenvalue weighted by atomic mass is 10.0. The van der Waals surface area contributed by atoms with Gasteiger partial charge in [-0.2, -0.15) is 0 Å². The number of ether oxygens (including phenoxy) is 8. The van der Waals surface area contributed by atoms with Crippen LogP contribution >= 0.6 is 0 Å². The molecule has 0 bridgehead atoms. The highest BCUT2D eigenvalue weighted by Gasteiger charge is 2.49. The SMILES string of the molecule is CCCCCC1CC1CC1OC1CCCCCCCC(=O)OCC(COC(=O)CCCCCCCC1OC1CC1OC1CCCCC)OC(=O)CCCCCCCC1OC1CC1OC1CCCCC. The molecule has 0 aromatic rings. The van der Waals surface area contributed by atoms with Gasteiger partial charge in [0.1, 0.15) is 13.2 Å². The molecule has 6 fully saturated rings. The summed E-state index contributed by atoms with van der Waals surface area (Å²) >= 11 is 0. The summed E-state index contributed by atoms with van der Waals surface area (Å²) in [5, 5.41) is 0. The zero-order valence-electron chi connectivity index (χ0n) is 44.1. The van der Waals surface area contributed by atoms with Crippen LogP contribution in [0.5, 0.6) is 0 Å². The molecule has 11 heteroatoms. The van der Waals surface area contributed by atoms with Gasteiger partial charge in [-0.05, 0) is 76.0 Å². The first-order valence-corrected chi connectivity index (χ1v) is 29.6. The van der Waals surface area contributed by atoms with Crippen LogP contribution in [0.4, 0.5) is 0 Å². The van der Waals surface area contributed by atoms with E-state index in [9.17, 15) is 14.4 Å². The van der Waals surface area contributed by atoms with Gasteiger partial charge in [0.05, 0.1) is 61.0 Å². The third kappa shape index (κ3) is 24.7. The lowest BCUT2D eigenvalue weighted by Crippen LogP contribution is -2.30. The summed E-state index contributed by atoms with van der Waals surface area (Å²) in [5.74, 6) is 0.941. The fraction of sp³-hybridized carbons (Fsp3) is 0.948. The number of epoxide rings is 5. The minimum absolute atomic E-state index is 0.101. The van der Waals surface area contributed by atoms with Crippen LogP contribution in [0.3, 0.4) is 0 Å². The van der Waals surface area contributed by atoms with Gasteiger partial charge in [0.15, 0.2) is 6.10 Å². The molecule has 0 aromatic carbocycles. The molecule has 13 atom stereocenters. The second-order valence-electron chi connectivity index (χ2n) is 22.4. The van der Waals surface area contributed by atoms with Crippen LogP contribution in [0.25, 0.3) is 0 Å². The maximum atomic E-state index is 12.9. The molecule has 0 amide bonds. The van der Waals surface area contributed by atoms with Crippen LogP contribution in [0.1, 0.15) is 258 Å². The molecule has 1 saturated carbocycles. The van der Waals surface area contributed by atoms with E-state index in [1.54, 1.807) is 0 Å². The molecule has 5 heterocycles. The lowest BCUT2D eigenvalue weighted by molar-refractivity contribution is -0.167. The summed E-state index contributed by atoms with van der Waals surface area (Å²) in [4.78, 5) is 38.4. The molecular weight excluding hydrogens is 873 g/mol. The van der Waals surface area contributed by atoms with E-state index >= 15 is 0 Å². The molecule has 1 aliphatic carbocycles. The van der Waals surface area contributed by atoms with Crippen molar-refractivity contribution in [2.45, 2.75) is 325 Å². The van der Waals surface area contributed by atoms with E-state index in [4.69, 9.17) is 37.9 Å². The van der Waals surface area contributed by atoms with E-state index in [1.807, 2.05) is 0 Å². The van der Waals surface area contributed by atoms with Crippen molar-refractivity contribution in [2.24, 2.45) is 11.8 Å². The van der Waals surface area contributed by atoms with E-state index in [-0.39, 0.29) is 31.1 Å². The van der Waals surface area contributed by atoms with Gasteiger partial charge in [0, 0.05) is 32.1 Å². The Kier molecular flexibility index (Phi) is 26.5. The first kappa shape index (κ1) is 56.5. The van der Waals surface area contributed by atoms with Crippen molar-refractivity contribution >= 4 is 17.9 Å². The normalized spacial score (nSPS) is 29.6. The highest BCUT2D eigenvalue weighted by Crippen LogP contribution is 2.49. The zero-order valence-corrected chi connectivity index (χ0v) is 44.1. The van der Waals surface area contributed by atoms with Gasteiger partial charge in [0.25, 0.3) is 0 Å². The second-order valence-corrected chi connectivity index (χ2v) is 22.4. The molecule has 0 spiro atoms. The van der Waals surface area contributed by atoms with E-state index < -0.39 is 6.10 Å². The van der Waals surface area contributed by atoms with Crippen molar-refractivity contribution in [2.75, 3.05) is 13.2 Å². The predicted molar refractivity (Wildman–Crippen MR) is 270 cm³/mol. The summed E-state index contributed by atoms with van der Waals surface area (Å²) in [5.41, 5.74) is 0. The molecule has 0 aromatic heterocycles. The molecular formula is C58H100O11. The Hall–Kier alpha value is -1.79. The minimum atomic E-state index is -0.809. The summed E-state index contributed by atoms with van der Waals surface area (Å²) in [7, 11) is 0. The molecule has 6 aliphatic rings. The number of unbranched alkanes of at least 4 members (excludes halogenated alkanes) is 18. The summed E-state index contributed by atoms with van der Waals surface area (Å²) in [6.07, 6.45) is 43.4. The van der Waals surface area contributed by atoms with Crippen LogP contribution in [0, 0.1) is 11.8 Å². The maximum absolute atomic E-state index is 12.9. The number of carbonyl (C=O) groups is 3. The van der Waals surface area contributed by atoms with Crippen LogP contribution in [0.2, 0.25) is 0 Å². The van der Waals surface area contributed by atoms with Crippen LogP contribution in [-0.2, 0) is 52.3 Å². The minimum Gasteiger partial charge on any atom is -0.462 e. The van der Waals surface area contributed by atoms with Gasteiger partial charge < -0.3 is 37.9 Å². The monoisotopic (exact) mass is 973 g/mol. The Bertz CT molecular complexity index is 1360. The van der Waals surface area contributed by atoms with Crippen molar-refractivity contribution < 1.29 is 52.3 Å². The fourth-order valence-electron chi connectivity index (χ4n) is 11.1. The van der Waals surface area contributed by atoms with Gasteiger partial charge in [0.2, 0.25) is 0 Å². The lowest BCUT2D eigenvalue weighted by Gasteiger charge is -2.18. The molecule has 13 unspecified atom stereocenters. The van der Waals surface area contributed by atoms with E-state index in [1.165, 1.54) is 96.3 Å². The van der Waals surface area contributed by atoms with E-state index in [0.717, 1.165) is 134 Å². The summed E-state index contributed by atoms with van der Waals surface area (Å²) in [6.45, 7) is 6.55. The van der Waals surface area contributed by atoms with Crippen molar-refractivity contribution in [3.05, 3.63) is 0 Å². The number of hydrogen-bond acceptors (Lipinski definition) is 11. The maximum Gasteiger partial charge on any atom is 0.306 e. The van der Waals surface area contributed by atoms with Crippen LogP contribution in [-0.4, -0.2) is 98.3 Å². The number of carbonyl (C=O) groups excluding carboxylic acids is 3. The number of esters is 3. The fourth-order valence-corrected chi connectivity index (χ4v) is 11.1. The van der Waals surface area contributed by atoms with Gasteiger partial charge >= 0.3 is 17.9 Å². The second kappa shape index (κ2) is 32.4. The quantitative estimate of drug-likeness (QED) is 0.0249. The smallest absolute Gasteiger partial charge is 0.306 e.